The van der Waals surface area contributed by atoms with Gasteiger partial charge in [0, 0.05) is 11.2 Å². The molecule has 74 valence electrons. The number of carboxylic acid groups (broad SMARTS) is 1. The van der Waals surface area contributed by atoms with Gasteiger partial charge in [-0.1, -0.05) is 18.2 Å². The van der Waals surface area contributed by atoms with E-state index in [2.05, 4.69) is 11.6 Å². The number of carboxylic acids is 1. The van der Waals surface area contributed by atoms with Gasteiger partial charge < -0.3 is 9.84 Å². The molecule has 0 saturated heterocycles. The Bertz CT molecular complexity index is 365. The molecular formula is C9H8ClNO3. The highest BCUT2D eigenvalue weighted by Crippen LogP contribution is 2.16. The van der Waals surface area contributed by atoms with Crippen molar-refractivity contribution in [1.82, 2.24) is 4.98 Å². The van der Waals surface area contributed by atoms with Crippen LogP contribution in [0.1, 0.15) is 10.5 Å². The summed E-state index contributed by atoms with van der Waals surface area (Å²) in [6, 6.07) is 3.09. The van der Waals surface area contributed by atoms with E-state index in [-0.39, 0.29) is 18.1 Å². The fraction of sp³-hybridized carbons (Fsp3) is 0.111. The van der Waals surface area contributed by atoms with Crippen molar-refractivity contribution in [1.29, 1.82) is 0 Å². The third kappa shape index (κ3) is 2.74. The summed E-state index contributed by atoms with van der Waals surface area (Å²) in [5.74, 6) is -0.956. The summed E-state index contributed by atoms with van der Waals surface area (Å²) in [4.78, 5) is 14.3. The number of rotatable bonds is 4. The third-order valence-electron chi connectivity index (χ3n) is 1.36. The Morgan fingerprint density at radius 2 is 2.43 bits per heavy atom. The second-order valence-corrected chi connectivity index (χ2v) is 3.00. The minimum absolute atomic E-state index is 0.0630. The van der Waals surface area contributed by atoms with Crippen molar-refractivity contribution in [2.75, 3.05) is 6.61 Å². The van der Waals surface area contributed by atoms with Crippen molar-refractivity contribution < 1.29 is 14.6 Å². The summed E-state index contributed by atoms with van der Waals surface area (Å²) < 4.78 is 5.09. The second kappa shape index (κ2) is 4.62. The average molecular weight is 214 g/mol. The van der Waals surface area contributed by atoms with E-state index in [1.165, 1.54) is 12.3 Å². The molecule has 0 aliphatic rings. The minimum atomic E-state index is -1.14. The smallest absolute Gasteiger partial charge is 0.358 e. The van der Waals surface area contributed by atoms with E-state index >= 15 is 0 Å². The fourth-order valence-electron chi connectivity index (χ4n) is 0.824. The van der Waals surface area contributed by atoms with Crippen LogP contribution in [0.2, 0.25) is 0 Å². The molecule has 1 aromatic rings. The Balaban J connectivity index is 2.84. The molecule has 0 unspecified atom stereocenters. The monoisotopic (exact) mass is 213 g/mol. The Morgan fingerprint density at radius 1 is 1.71 bits per heavy atom. The van der Waals surface area contributed by atoms with Gasteiger partial charge in [0.2, 0.25) is 0 Å². The van der Waals surface area contributed by atoms with E-state index in [9.17, 15) is 4.79 Å². The molecule has 0 aliphatic carbocycles. The van der Waals surface area contributed by atoms with E-state index in [0.29, 0.717) is 5.03 Å². The number of nitrogens with zero attached hydrogens (tertiary/aromatic N) is 1. The van der Waals surface area contributed by atoms with Gasteiger partial charge in [-0.05, 0) is 12.1 Å². The Hall–Kier alpha value is -1.55. The summed E-state index contributed by atoms with van der Waals surface area (Å²) in [7, 11) is 0. The maximum atomic E-state index is 10.7. The van der Waals surface area contributed by atoms with Crippen LogP contribution in [0.25, 0.3) is 0 Å². The first-order chi connectivity index (χ1) is 6.61. The fourth-order valence-corrected chi connectivity index (χ4v) is 0.878. The van der Waals surface area contributed by atoms with Gasteiger partial charge in [0.05, 0.1) is 0 Å². The molecule has 4 nitrogen and oxygen atoms in total. The first-order valence-corrected chi connectivity index (χ1v) is 4.13. The van der Waals surface area contributed by atoms with Gasteiger partial charge >= 0.3 is 5.97 Å². The SMILES string of the molecule is C=C(Cl)COc1cccnc1C(=O)O. The van der Waals surface area contributed by atoms with Gasteiger partial charge in [-0.25, -0.2) is 9.78 Å². The van der Waals surface area contributed by atoms with Gasteiger partial charge in [0.25, 0.3) is 0 Å². The van der Waals surface area contributed by atoms with Crippen LogP contribution in [-0.4, -0.2) is 22.7 Å². The summed E-state index contributed by atoms with van der Waals surface area (Å²) in [6.45, 7) is 3.48. The highest BCUT2D eigenvalue weighted by Gasteiger charge is 2.11. The van der Waals surface area contributed by atoms with Crippen LogP contribution in [0.3, 0.4) is 0 Å². The maximum Gasteiger partial charge on any atom is 0.358 e. The number of pyridine rings is 1. The highest BCUT2D eigenvalue weighted by atomic mass is 35.5. The van der Waals surface area contributed by atoms with Crippen LogP contribution in [0.4, 0.5) is 0 Å². The van der Waals surface area contributed by atoms with Crippen molar-refractivity contribution >= 4 is 17.6 Å². The van der Waals surface area contributed by atoms with Gasteiger partial charge in [0.1, 0.15) is 6.61 Å². The minimum Gasteiger partial charge on any atom is -0.485 e. The quantitative estimate of drug-likeness (QED) is 0.830. The lowest BCUT2D eigenvalue weighted by atomic mass is 10.3. The largest absolute Gasteiger partial charge is 0.485 e. The maximum absolute atomic E-state index is 10.7. The molecular weight excluding hydrogens is 206 g/mol. The average Bonchev–Trinajstić information content (AvgIpc) is 2.15. The van der Waals surface area contributed by atoms with Crippen LogP contribution in [0.5, 0.6) is 5.75 Å². The van der Waals surface area contributed by atoms with E-state index in [4.69, 9.17) is 21.4 Å². The zero-order chi connectivity index (χ0) is 10.6. The van der Waals surface area contributed by atoms with Gasteiger partial charge in [0.15, 0.2) is 11.4 Å². The third-order valence-corrected chi connectivity index (χ3v) is 1.47. The Morgan fingerprint density at radius 3 is 3.00 bits per heavy atom. The lowest BCUT2D eigenvalue weighted by molar-refractivity contribution is 0.0686. The van der Waals surface area contributed by atoms with E-state index in [1.54, 1.807) is 6.07 Å². The lowest BCUT2D eigenvalue weighted by Gasteiger charge is -2.06. The van der Waals surface area contributed by atoms with Crippen molar-refractivity contribution in [2.45, 2.75) is 0 Å². The van der Waals surface area contributed by atoms with Crippen molar-refractivity contribution in [3.8, 4) is 5.75 Å². The molecule has 0 amide bonds. The predicted molar refractivity (Wildman–Crippen MR) is 51.7 cm³/mol. The van der Waals surface area contributed by atoms with Gasteiger partial charge in [-0.2, -0.15) is 0 Å². The number of ether oxygens (including phenoxy) is 1. The van der Waals surface area contributed by atoms with E-state index in [0.717, 1.165) is 0 Å². The normalized spacial score (nSPS) is 9.50. The van der Waals surface area contributed by atoms with Crippen LogP contribution in [-0.2, 0) is 0 Å². The van der Waals surface area contributed by atoms with Crippen LogP contribution in [0.15, 0.2) is 29.9 Å². The first kappa shape index (κ1) is 10.5. The Labute approximate surface area is 85.8 Å². The molecule has 0 spiro atoms. The molecule has 0 fully saturated rings. The van der Waals surface area contributed by atoms with E-state index in [1.807, 2.05) is 0 Å². The number of halogens is 1. The van der Waals surface area contributed by atoms with Crippen LogP contribution >= 0.6 is 11.6 Å². The van der Waals surface area contributed by atoms with Crippen LogP contribution in [0, 0.1) is 0 Å². The second-order valence-electron chi connectivity index (χ2n) is 2.46. The number of hydrogen-bond acceptors (Lipinski definition) is 3. The molecule has 0 aromatic carbocycles. The van der Waals surface area contributed by atoms with Gasteiger partial charge in [-0.15, -0.1) is 0 Å². The lowest BCUT2D eigenvalue weighted by Crippen LogP contribution is -2.06. The summed E-state index contributed by atoms with van der Waals surface area (Å²) in [5, 5.41) is 9.03. The van der Waals surface area contributed by atoms with Crippen molar-refractivity contribution in [3.05, 3.63) is 35.6 Å². The number of hydrogen-bond donors (Lipinski definition) is 1. The highest BCUT2D eigenvalue weighted by molar-refractivity contribution is 6.29. The molecule has 5 heteroatoms. The van der Waals surface area contributed by atoms with E-state index < -0.39 is 5.97 Å². The molecule has 0 saturated carbocycles. The number of aromatic carboxylic acids is 1. The molecule has 1 aromatic heterocycles. The zero-order valence-corrected chi connectivity index (χ0v) is 7.99. The molecule has 1 N–H and O–H groups in total. The van der Waals surface area contributed by atoms with Gasteiger partial charge in [-0.3, -0.25) is 0 Å². The molecule has 0 atom stereocenters. The standard InChI is InChI=1S/C9H8ClNO3/c1-6(10)5-14-7-3-2-4-11-8(7)9(12)13/h2-4H,1,5H2,(H,12,13). The molecule has 1 rings (SSSR count). The molecule has 0 bridgehead atoms. The number of carbonyl (C=O) groups is 1. The van der Waals surface area contributed by atoms with Crippen molar-refractivity contribution in [2.24, 2.45) is 0 Å². The first-order valence-electron chi connectivity index (χ1n) is 3.75. The molecule has 0 aliphatic heterocycles. The number of aromatic nitrogens is 1. The van der Waals surface area contributed by atoms with Crippen molar-refractivity contribution in [3.63, 3.8) is 0 Å². The topological polar surface area (TPSA) is 59.4 Å². The summed E-state index contributed by atoms with van der Waals surface area (Å²) >= 11 is 5.47. The predicted octanol–water partition coefficient (Wildman–Crippen LogP) is 1.91. The molecule has 1 heterocycles. The Kier molecular flexibility index (Phi) is 3.48. The molecule has 0 radical (unpaired) electrons. The van der Waals surface area contributed by atoms with Crippen LogP contribution < -0.4 is 4.74 Å². The summed E-state index contributed by atoms with van der Waals surface area (Å²) in [5.41, 5.74) is -0.134. The zero-order valence-electron chi connectivity index (χ0n) is 7.24. The summed E-state index contributed by atoms with van der Waals surface area (Å²) in [6.07, 6.45) is 1.38. The molecule has 14 heavy (non-hydrogen) atoms.